The average Bonchev–Trinajstić information content (AvgIpc) is 2.74. The van der Waals surface area contributed by atoms with Crippen molar-refractivity contribution in [3.05, 3.63) is 17.5 Å². The number of sulfone groups is 1. The van der Waals surface area contributed by atoms with Crippen molar-refractivity contribution in [3.63, 3.8) is 0 Å². The molecule has 2 rings (SSSR count). The van der Waals surface area contributed by atoms with Gasteiger partial charge in [0.15, 0.2) is 9.84 Å². The number of amides is 1. The first kappa shape index (κ1) is 14.7. The maximum atomic E-state index is 12.0. The zero-order valence-corrected chi connectivity index (χ0v) is 11.9. The molecule has 0 aromatic carbocycles. The third-order valence-corrected chi connectivity index (χ3v) is 4.93. The van der Waals surface area contributed by atoms with Gasteiger partial charge in [-0.05, 0) is 25.3 Å². The van der Waals surface area contributed by atoms with Gasteiger partial charge in [-0.2, -0.15) is 0 Å². The second kappa shape index (κ2) is 5.71. The molecule has 8 nitrogen and oxygen atoms in total. The predicted octanol–water partition coefficient (Wildman–Crippen LogP) is -0.765. The van der Waals surface area contributed by atoms with Gasteiger partial charge in [0.1, 0.15) is 5.69 Å². The Balaban J connectivity index is 1.97. The summed E-state index contributed by atoms with van der Waals surface area (Å²) in [5.74, 6) is 5.32. The van der Waals surface area contributed by atoms with Crippen LogP contribution >= 0.6 is 0 Å². The van der Waals surface area contributed by atoms with Crippen LogP contribution in [0.2, 0.25) is 0 Å². The number of hydrogen-bond donors (Lipinski definition) is 3. The molecule has 0 aliphatic carbocycles. The first-order valence-corrected chi connectivity index (χ1v) is 8.02. The highest BCUT2D eigenvalue weighted by Gasteiger charge is 2.28. The molecule has 1 aliphatic rings. The van der Waals surface area contributed by atoms with E-state index in [1.165, 1.54) is 0 Å². The maximum absolute atomic E-state index is 12.0. The van der Waals surface area contributed by atoms with Crippen LogP contribution in [0.15, 0.2) is 6.07 Å². The highest BCUT2D eigenvalue weighted by molar-refractivity contribution is 7.91. The number of hydrogen-bond acceptors (Lipinski definition) is 7. The molecule has 20 heavy (non-hydrogen) atoms. The number of nitrogens with zero attached hydrogens (tertiary/aromatic N) is 2. The molecule has 4 N–H and O–H groups in total. The first-order chi connectivity index (χ1) is 9.39. The lowest BCUT2D eigenvalue weighted by atomic mass is 10.1. The molecule has 1 amide bonds. The van der Waals surface area contributed by atoms with E-state index in [1.807, 2.05) is 0 Å². The van der Waals surface area contributed by atoms with Gasteiger partial charge in [-0.25, -0.2) is 24.2 Å². The van der Waals surface area contributed by atoms with Gasteiger partial charge in [-0.1, -0.05) is 0 Å². The normalized spacial score (nSPS) is 20.6. The quantitative estimate of drug-likeness (QED) is 0.492. The molecule has 0 spiro atoms. The van der Waals surface area contributed by atoms with Crippen LogP contribution in [0.5, 0.6) is 0 Å². The van der Waals surface area contributed by atoms with E-state index >= 15 is 0 Å². The van der Waals surface area contributed by atoms with Crippen LogP contribution in [0.1, 0.15) is 22.6 Å². The Morgan fingerprint density at radius 2 is 2.25 bits per heavy atom. The lowest BCUT2D eigenvalue weighted by molar-refractivity contribution is 0.0943. The minimum Gasteiger partial charge on any atom is -0.350 e. The maximum Gasteiger partial charge on any atom is 0.270 e. The molecular weight excluding hydrogens is 282 g/mol. The minimum atomic E-state index is -2.93. The number of nitrogens with two attached hydrogens (primary N) is 1. The van der Waals surface area contributed by atoms with E-state index in [0.29, 0.717) is 18.7 Å². The summed E-state index contributed by atoms with van der Waals surface area (Å²) in [5, 5.41) is 2.69. The highest BCUT2D eigenvalue weighted by Crippen LogP contribution is 2.17. The molecule has 1 fully saturated rings. The van der Waals surface area contributed by atoms with Gasteiger partial charge in [-0.15, -0.1) is 0 Å². The zero-order valence-electron chi connectivity index (χ0n) is 11.1. The van der Waals surface area contributed by atoms with Crippen molar-refractivity contribution in [3.8, 4) is 0 Å². The Bertz CT molecular complexity index is 616. The Morgan fingerprint density at radius 1 is 1.50 bits per heavy atom. The molecule has 1 saturated heterocycles. The summed E-state index contributed by atoms with van der Waals surface area (Å²) in [6.45, 7) is 2.05. The highest BCUT2D eigenvalue weighted by atomic mass is 32.2. The van der Waals surface area contributed by atoms with E-state index in [1.54, 1.807) is 13.0 Å². The summed E-state index contributed by atoms with van der Waals surface area (Å²) < 4.78 is 22.7. The van der Waals surface area contributed by atoms with Gasteiger partial charge in [0, 0.05) is 12.2 Å². The van der Waals surface area contributed by atoms with Gasteiger partial charge in [0.2, 0.25) is 5.95 Å². The molecule has 1 unspecified atom stereocenters. The van der Waals surface area contributed by atoms with E-state index in [-0.39, 0.29) is 35.0 Å². The average molecular weight is 299 g/mol. The predicted molar refractivity (Wildman–Crippen MR) is 73.7 cm³/mol. The van der Waals surface area contributed by atoms with Crippen LogP contribution in [0, 0.1) is 12.8 Å². The van der Waals surface area contributed by atoms with Crippen molar-refractivity contribution in [2.75, 3.05) is 23.5 Å². The SMILES string of the molecule is Cc1cc(C(=O)NCC2CCS(=O)(=O)C2)nc(NN)n1. The van der Waals surface area contributed by atoms with Crippen molar-refractivity contribution in [1.82, 2.24) is 15.3 Å². The molecule has 1 aromatic rings. The van der Waals surface area contributed by atoms with Crippen molar-refractivity contribution >= 4 is 21.7 Å². The van der Waals surface area contributed by atoms with Crippen LogP contribution in [0.25, 0.3) is 0 Å². The minimum absolute atomic E-state index is 0.0287. The number of nitrogen functional groups attached to an aromatic ring is 1. The fourth-order valence-electron chi connectivity index (χ4n) is 2.11. The fourth-order valence-corrected chi connectivity index (χ4v) is 3.97. The number of hydrazine groups is 1. The van der Waals surface area contributed by atoms with E-state index < -0.39 is 9.84 Å². The second-order valence-corrected chi connectivity index (χ2v) is 7.07. The number of carbonyl (C=O) groups excluding carboxylic acids is 1. The Kier molecular flexibility index (Phi) is 4.19. The third kappa shape index (κ3) is 3.64. The number of rotatable bonds is 4. The van der Waals surface area contributed by atoms with Crippen molar-refractivity contribution in [1.29, 1.82) is 0 Å². The van der Waals surface area contributed by atoms with Crippen LogP contribution < -0.4 is 16.6 Å². The molecule has 9 heteroatoms. The number of carbonyl (C=O) groups is 1. The van der Waals surface area contributed by atoms with Crippen molar-refractivity contribution in [2.45, 2.75) is 13.3 Å². The molecule has 0 radical (unpaired) electrons. The lowest BCUT2D eigenvalue weighted by Crippen LogP contribution is -2.31. The fraction of sp³-hybridized carbons (Fsp3) is 0.545. The monoisotopic (exact) mass is 299 g/mol. The Hall–Kier alpha value is -1.74. The number of aromatic nitrogens is 2. The van der Waals surface area contributed by atoms with Crippen LogP contribution in [-0.2, 0) is 9.84 Å². The van der Waals surface area contributed by atoms with Gasteiger partial charge < -0.3 is 5.32 Å². The number of nitrogens with one attached hydrogen (secondary N) is 2. The second-order valence-electron chi connectivity index (χ2n) is 4.84. The zero-order chi connectivity index (χ0) is 14.8. The number of anilines is 1. The Morgan fingerprint density at radius 3 is 2.85 bits per heavy atom. The van der Waals surface area contributed by atoms with Crippen LogP contribution in [0.4, 0.5) is 5.95 Å². The van der Waals surface area contributed by atoms with Crippen molar-refractivity contribution < 1.29 is 13.2 Å². The summed E-state index contributed by atoms with van der Waals surface area (Å²) in [5.41, 5.74) is 3.10. The summed E-state index contributed by atoms with van der Waals surface area (Å²) in [7, 11) is -2.93. The first-order valence-electron chi connectivity index (χ1n) is 6.20. The summed E-state index contributed by atoms with van der Waals surface area (Å²) in [6, 6.07) is 1.54. The molecule has 110 valence electrons. The molecular formula is C11H17N5O3S. The van der Waals surface area contributed by atoms with E-state index in [9.17, 15) is 13.2 Å². The van der Waals surface area contributed by atoms with Gasteiger partial charge in [0.25, 0.3) is 5.91 Å². The molecule has 0 bridgehead atoms. The summed E-state index contributed by atoms with van der Waals surface area (Å²) >= 11 is 0. The molecule has 2 heterocycles. The number of aryl methyl sites for hydroxylation is 1. The molecule has 1 aromatic heterocycles. The third-order valence-electron chi connectivity index (χ3n) is 3.09. The van der Waals surface area contributed by atoms with Crippen LogP contribution in [-0.4, -0.2) is 42.3 Å². The largest absolute Gasteiger partial charge is 0.350 e. The summed E-state index contributed by atoms with van der Waals surface area (Å²) in [6.07, 6.45) is 0.584. The van der Waals surface area contributed by atoms with E-state index in [0.717, 1.165) is 0 Å². The van der Waals surface area contributed by atoms with Crippen LogP contribution in [0.3, 0.4) is 0 Å². The van der Waals surface area contributed by atoms with Gasteiger partial charge in [0.05, 0.1) is 11.5 Å². The lowest BCUT2D eigenvalue weighted by Gasteiger charge is -2.10. The van der Waals surface area contributed by atoms with E-state index in [2.05, 4.69) is 20.7 Å². The van der Waals surface area contributed by atoms with Crippen molar-refractivity contribution in [2.24, 2.45) is 11.8 Å². The smallest absolute Gasteiger partial charge is 0.270 e. The standard InChI is InChI=1S/C11H17N5O3S/c1-7-4-9(15-11(14-7)16-12)10(17)13-5-8-2-3-20(18,19)6-8/h4,8H,2-3,5-6,12H2,1H3,(H,13,17)(H,14,15,16). The summed E-state index contributed by atoms with van der Waals surface area (Å²) in [4.78, 5) is 19.9. The van der Waals surface area contributed by atoms with Gasteiger partial charge >= 0.3 is 0 Å². The molecule has 0 saturated carbocycles. The Labute approximate surface area is 117 Å². The van der Waals surface area contributed by atoms with E-state index in [4.69, 9.17) is 5.84 Å². The molecule has 1 atom stereocenters. The van der Waals surface area contributed by atoms with Gasteiger partial charge in [-0.3, -0.25) is 10.2 Å². The topological polar surface area (TPSA) is 127 Å². The molecule has 1 aliphatic heterocycles.